The van der Waals surface area contributed by atoms with Crippen LogP contribution in [0.15, 0.2) is 24.3 Å². The van der Waals surface area contributed by atoms with E-state index in [1.54, 1.807) is 0 Å². The van der Waals surface area contributed by atoms with Gasteiger partial charge in [-0.15, -0.1) is 0 Å². The summed E-state index contributed by atoms with van der Waals surface area (Å²) in [5.74, 6) is 0.0300. The molecule has 1 saturated heterocycles. The summed E-state index contributed by atoms with van der Waals surface area (Å²) in [7, 11) is 0. The highest BCUT2D eigenvalue weighted by molar-refractivity contribution is 5.92. The maximum absolute atomic E-state index is 12.2. The molecular weight excluding hydrogens is 252 g/mol. The Labute approximate surface area is 120 Å². The molecule has 20 heavy (non-hydrogen) atoms. The Kier molecular flexibility index (Phi) is 5.15. The van der Waals surface area contributed by atoms with E-state index in [2.05, 4.69) is 30.5 Å². The summed E-state index contributed by atoms with van der Waals surface area (Å²) in [5.41, 5.74) is 2.04. The quantitative estimate of drug-likeness (QED) is 0.869. The predicted molar refractivity (Wildman–Crippen MR) is 80.7 cm³/mol. The number of carbonyl (C=O) groups is 1. The first-order valence-corrected chi connectivity index (χ1v) is 7.36. The minimum Gasteiger partial charge on any atom is -0.378 e. The Morgan fingerprint density at radius 3 is 2.95 bits per heavy atom. The minimum atomic E-state index is -0.0279. The van der Waals surface area contributed by atoms with Gasteiger partial charge in [0.15, 0.2) is 0 Å². The summed E-state index contributed by atoms with van der Waals surface area (Å²) in [5, 5.41) is 6.37. The van der Waals surface area contributed by atoms with E-state index in [1.807, 2.05) is 25.1 Å². The zero-order valence-corrected chi connectivity index (χ0v) is 12.5. The molecule has 2 N–H and O–H groups in total. The Morgan fingerprint density at radius 2 is 2.30 bits per heavy atom. The fourth-order valence-corrected chi connectivity index (χ4v) is 2.55. The van der Waals surface area contributed by atoms with Gasteiger partial charge in [-0.05, 0) is 44.5 Å². The van der Waals surface area contributed by atoms with Gasteiger partial charge in [0, 0.05) is 11.7 Å². The topological polar surface area (TPSA) is 50.4 Å². The van der Waals surface area contributed by atoms with Gasteiger partial charge in [-0.25, -0.2) is 0 Å². The monoisotopic (exact) mass is 276 g/mol. The number of ether oxygens (including phenoxy) is 1. The molecule has 0 aliphatic carbocycles. The molecule has 0 radical (unpaired) electrons. The molecule has 1 aliphatic rings. The average molecular weight is 276 g/mol. The van der Waals surface area contributed by atoms with Crippen LogP contribution in [0.4, 0.5) is 5.69 Å². The fourth-order valence-electron chi connectivity index (χ4n) is 2.55. The van der Waals surface area contributed by atoms with Gasteiger partial charge in [-0.2, -0.15) is 0 Å². The van der Waals surface area contributed by atoms with E-state index in [1.165, 1.54) is 5.56 Å². The Bertz CT molecular complexity index is 462. The van der Waals surface area contributed by atoms with Crippen LogP contribution in [0.5, 0.6) is 0 Å². The van der Waals surface area contributed by atoms with Crippen LogP contribution in [0.2, 0.25) is 0 Å². The van der Waals surface area contributed by atoms with Crippen molar-refractivity contribution >= 4 is 11.6 Å². The molecule has 110 valence electrons. The number of hydrogen-bond donors (Lipinski definition) is 2. The molecule has 1 aliphatic heterocycles. The zero-order chi connectivity index (χ0) is 14.5. The third kappa shape index (κ3) is 3.81. The minimum absolute atomic E-state index is 0.0279. The van der Waals surface area contributed by atoms with Crippen LogP contribution in [-0.4, -0.2) is 25.2 Å². The molecule has 0 saturated carbocycles. The second-order valence-corrected chi connectivity index (χ2v) is 5.47. The number of amides is 1. The van der Waals surface area contributed by atoms with Crippen LogP contribution in [0.3, 0.4) is 0 Å². The van der Waals surface area contributed by atoms with Gasteiger partial charge in [-0.1, -0.05) is 19.1 Å². The zero-order valence-electron chi connectivity index (χ0n) is 12.5. The van der Waals surface area contributed by atoms with Crippen LogP contribution in [0, 0.1) is 5.92 Å². The number of benzene rings is 1. The molecule has 4 nitrogen and oxygen atoms in total. The van der Waals surface area contributed by atoms with Crippen LogP contribution in [0.1, 0.15) is 38.8 Å². The molecule has 1 fully saturated rings. The first-order chi connectivity index (χ1) is 9.60. The molecule has 0 aromatic heterocycles. The van der Waals surface area contributed by atoms with E-state index in [0.29, 0.717) is 6.61 Å². The highest BCUT2D eigenvalue weighted by atomic mass is 16.5. The highest BCUT2D eigenvalue weighted by Crippen LogP contribution is 2.22. The Balaban J connectivity index is 1.99. The smallest absolute Gasteiger partial charge is 0.229 e. The van der Waals surface area contributed by atoms with Gasteiger partial charge >= 0.3 is 0 Å². The van der Waals surface area contributed by atoms with Gasteiger partial charge in [0.2, 0.25) is 5.91 Å². The van der Waals surface area contributed by atoms with E-state index in [4.69, 9.17) is 4.74 Å². The van der Waals surface area contributed by atoms with Gasteiger partial charge in [0.25, 0.3) is 0 Å². The van der Waals surface area contributed by atoms with E-state index >= 15 is 0 Å². The third-order valence-corrected chi connectivity index (χ3v) is 3.73. The molecule has 4 heteroatoms. The molecule has 1 amide bonds. The molecule has 1 aromatic carbocycles. The molecule has 3 unspecified atom stereocenters. The van der Waals surface area contributed by atoms with Crippen molar-refractivity contribution in [2.24, 2.45) is 5.92 Å². The van der Waals surface area contributed by atoms with Crippen LogP contribution < -0.4 is 10.6 Å². The van der Waals surface area contributed by atoms with E-state index in [9.17, 15) is 4.79 Å². The molecule has 0 spiro atoms. The lowest BCUT2D eigenvalue weighted by atomic mass is 10.0. The van der Waals surface area contributed by atoms with Gasteiger partial charge in [0.05, 0.1) is 18.6 Å². The summed E-state index contributed by atoms with van der Waals surface area (Å²) >= 11 is 0. The lowest BCUT2D eigenvalue weighted by Gasteiger charge is -2.15. The summed E-state index contributed by atoms with van der Waals surface area (Å²) < 4.78 is 5.45. The summed E-state index contributed by atoms with van der Waals surface area (Å²) in [4.78, 5) is 12.2. The maximum atomic E-state index is 12.2. The van der Waals surface area contributed by atoms with Crippen molar-refractivity contribution < 1.29 is 9.53 Å². The molecule has 1 heterocycles. The average Bonchev–Trinajstić information content (AvgIpc) is 2.86. The standard InChI is InChI=1S/C16H24N2O2/c1-4-17-12(3)13-6-5-7-15(9-13)18-16(19)14-8-11(2)20-10-14/h5-7,9,11-12,14,17H,4,8,10H2,1-3H3,(H,18,19). The molecular formula is C16H24N2O2. The first-order valence-electron chi connectivity index (χ1n) is 7.36. The summed E-state index contributed by atoms with van der Waals surface area (Å²) in [6.07, 6.45) is 0.991. The Hall–Kier alpha value is -1.39. The number of carbonyl (C=O) groups excluding carboxylic acids is 1. The van der Waals surface area contributed by atoms with Crippen molar-refractivity contribution in [3.8, 4) is 0 Å². The number of rotatable bonds is 5. The van der Waals surface area contributed by atoms with Crippen molar-refractivity contribution in [2.75, 3.05) is 18.5 Å². The van der Waals surface area contributed by atoms with Crippen LogP contribution in [0.25, 0.3) is 0 Å². The van der Waals surface area contributed by atoms with Gasteiger partial charge in [0.1, 0.15) is 0 Å². The molecule has 1 aromatic rings. The SMILES string of the molecule is CCNC(C)c1cccc(NC(=O)C2COC(C)C2)c1. The maximum Gasteiger partial charge on any atom is 0.229 e. The third-order valence-electron chi connectivity index (χ3n) is 3.73. The van der Waals surface area contributed by atoms with Crippen molar-refractivity contribution in [3.05, 3.63) is 29.8 Å². The molecule has 3 atom stereocenters. The van der Waals surface area contributed by atoms with E-state index in [-0.39, 0.29) is 24.0 Å². The van der Waals surface area contributed by atoms with Crippen molar-refractivity contribution in [1.82, 2.24) is 5.32 Å². The van der Waals surface area contributed by atoms with Crippen LogP contribution in [-0.2, 0) is 9.53 Å². The van der Waals surface area contributed by atoms with Gasteiger partial charge in [-0.3, -0.25) is 4.79 Å². The highest BCUT2D eigenvalue weighted by Gasteiger charge is 2.28. The lowest BCUT2D eigenvalue weighted by molar-refractivity contribution is -0.119. The van der Waals surface area contributed by atoms with E-state index < -0.39 is 0 Å². The molecule has 2 rings (SSSR count). The second-order valence-electron chi connectivity index (χ2n) is 5.47. The number of anilines is 1. The van der Waals surface area contributed by atoms with Crippen molar-refractivity contribution in [1.29, 1.82) is 0 Å². The largest absolute Gasteiger partial charge is 0.378 e. The summed E-state index contributed by atoms with van der Waals surface area (Å²) in [6.45, 7) is 7.67. The first kappa shape index (κ1) is 15.0. The second kappa shape index (κ2) is 6.86. The van der Waals surface area contributed by atoms with Crippen molar-refractivity contribution in [2.45, 2.75) is 39.3 Å². The number of nitrogens with one attached hydrogen (secondary N) is 2. The van der Waals surface area contributed by atoms with Gasteiger partial charge < -0.3 is 15.4 Å². The normalized spacial score (nSPS) is 23.6. The summed E-state index contributed by atoms with van der Waals surface area (Å²) in [6, 6.07) is 8.30. The lowest BCUT2D eigenvalue weighted by Crippen LogP contribution is -2.23. The van der Waals surface area contributed by atoms with Crippen LogP contribution >= 0.6 is 0 Å². The van der Waals surface area contributed by atoms with Crippen molar-refractivity contribution in [3.63, 3.8) is 0 Å². The Morgan fingerprint density at radius 1 is 1.50 bits per heavy atom. The number of hydrogen-bond acceptors (Lipinski definition) is 3. The predicted octanol–water partition coefficient (Wildman–Crippen LogP) is 2.72. The fraction of sp³-hybridized carbons (Fsp3) is 0.562. The molecule has 0 bridgehead atoms. The van der Waals surface area contributed by atoms with E-state index in [0.717, 1.165) is 18.7 Å².